The summed E-state index contributed by atoms with van der Waals surface area (Å²) < 4.78 is 23.7. The van der Waals surface area contributed by atoms with E-state index in [-0.39, 0.29) is 5.02 Å². The van der Waals surface area contributed by atoms with Gasteiger partial charge in [0, 0.05) is 19.3 Å². The minimum absolute atomic E-state index is 0.0563. The van der Waals surface area contributed by atoms with Crippen molar-refractivity contribution in [2.45, 2.75) is 6.42 Å². The third-order valence-corrected chi connectivity index (χ3v) is 4.40. The Morgan fingerprint density at radius 2 is 1.88 bits per heavy atom. The number of anilines is 1. The molecule has 134 valence electrons. The van der Waals surface area contributed by atoms with Gasteiger partial charge >= 0.3 is 0 Å². The number of benzene rings is 2. The van der Waals surface area contributed by atoms with Crippen molar-refractivity contribution in [3.05, 3.63) is 52.8 Å². The van der Waals surface area contributed by atoms with E-state index in [0.29, 0.717) is 28.8 Å². The highest BCUT2D eigenvalue weighted by Crippen LogP contribution is 2.27. The maximum atomic E-state index is 13.2. The van der Waals surface area contributed by atoms with Crippen LogP contribution in [0.25, 0.3) is 0 Å². The Kier molecular flexibility index (Phi) is 6.84. The lowest BCUT2D eigenvalue weighted by Crippen LogP contribution is -2.32. The van der Waals surface area contributed by atoms with E-state index < -0.39 is 5.82 Å². The smallest absolute Gasteiger partial charge is 0.173 e. The molecule has 0 amide bonds. The second-order valence-corrected chi connectivity index (χ2v) is 6.21. The van der Waals surface area contributed by atoms with Crippen molar-refractivity contribution in [3.63, 3.8) is 0 Å². The molecule has 0 aromatic heterocycles. The van der Waals surface area contributed by atoms with Crippen molar-refractivity contribution in [2.24, 2.45) is 0 Å². The van der Waals surface area contributed by atoms with Crippen molar-refractivity contribution in [1.82, 2.24) is 4.90 Å². The van der Waals surface area contributed by atoms with Crippen molar-refractivity contribution in [1.29, 1.82) is 0 Å². The summed E-state index contributed by atoms with van der Waals surface area (Å²) in [7, 11) is 5.11. The summed E-state index contributed by atoms with van der Waals surface area (Å²) in [5, 5.41) is 3.64. The first-order valence-electron chi connectivity index (χ1n) is 7.62. The standard InChI is InChI=1S/C18H20ClFN2O2S/c1-22(18(25)21-13-5-6-15(20)14(19)11-13)9-8-12-4-7-16(23-2)17(10-12)24-3/h4-7,10-11H,8-9H2,1-3H3,(H,21,25). The van der Waals surface area contributed by atoms with Crippen LogP contribution in [0.1, 0.15) is 5.56 Å². The van der Waals surface area contributed by atoms with Crippen LogP contribution in [0.3, 0.4) is 0 Å². The Morgan fingerprint density at radius 1 is 1.16 bits per heavy atom. The molecule has 1 N–H and O–H groups in total. The Balaban J connectivity index is 1.93. The van der Waals surface area contributed by atoms with Crippen LogP contribution < -0.4 is 14.8 Å². The zero-order chi connectivity index (χ0) is 18.4. The maximum Gasteiger partial charge on any atom is 0.173 e. The lowest BCUT2D eigenvalue weighted by atomic mass is 10.1. The summed E-state index contributed by atoms with van der Waals surface area (Å²) in [4.78, 5) is 1.91. The predicted molar refractivity (Wildman–Crippen MR) is 104 cm³/mol. The molecule has 25 heavy (non-hydrogen) atoms. The Hall–Kier alpha value is -2.05. The quantitative estimate of drug-likeness (QED) is 0.750. The minimum atomic E-state index is -0.458. The lowest BCUT2D eigenvalue weighted by molar-refractivity contribution is 0.354. The van der Waals surface area contributed by atoms with Crippen molar-refractivity contribution >= 4 is 34.6 Å². The van der Waals surface area contributed by atoms with Gasteiger partial charge in [0.05, 0.1) is 19.2 Å². The molecule has 0 fully saturated rings. The molecule has 2 aromatic carbocycles. The van der Waals surface area contributed by atoms with Crippen LogP contribution in [0.2, 0.25) is 5.02 Å². The van der Waals surface area contributed by atoms with Crippen LogP contribution in [0.15, 0.2) is 36.4 Å². The third kappa shape index (κ3) is 5.21. The van der Waals surface area contributed by atoms with E-state index in [2.05, 4.69) is 5.32 Å². The van der Waals surface area contributed by atoms with Gasteiger partial charge in [-0.05, 0) is 54.5 Å². The molecule has 0 bridgehead atoms. The second kappa shape index (κ2) is 8.87. The summed E-state index contributed by atoms with van der Waals surface area (Å²) in [5.74, 6) is 0.939. The minimum Gasteiger partial charge on any atom is -0.493 e. The normalized spacial score (nSPS) is 10.3. The molecule has 2 aromatic rings. The molecule has 0 spiro atoms. The van der Waals surface area contributed by atoms with Crippen molar-refractivity contribution in [3.8, 4) is 11.5 Å². The molecule has 0 atom stereocenters. The number of nitrogens with zero attached hydrogens (tertiary/aromatic N) is 1. The van der Waals surface area contributed by atoms with E-state index >= 15 is 0 Å². The van der Waals surface area contributed by atoms with Crippen LogP contribution in [-0.4, -0.2) is 37.8 Å². The highest BCUT2D eigenvalue weighted by molar-refractivity contribution is 7.80. The Bertz CT molecular complexity index is 758. The van der Waals surface area contributed by atoms with Gasteiger partial charge in [-0.25, -0.2) is 4.39 Å². The fourth-order valence-electron chi connectivity index (χ4n) is 2.23. The fraction of sp³-hybridized carbons (Fsp3) is 0.278. The molecule has 0 radical (unpaired) electrons. The van der Waals surface area contributed by atoms with Crippen molar-refractivity contribution < 1.29 is 13.9 Å². The molecule has 4 nitrogen and oxygen atoms in total. The van der Waals surface area contributed by atoms with Crippen LogP contribution in [-0.2, 0) is 6.42 Å². The zero-order valence-electron chi connectivity index (χ0n) is 14.3. The number of halogens is 2. The van der Waals surface area contributed by atoms with E-state index in [0.717, 1.165) is 12.0 Å². The number of rotatable bonds is 6. The van der Waals surface area contributed by atoms with Crippen LogP contribution >= 0.6 is 23.8 Å². The highest BCUT2D eigenvalue weighted by atomic mass is 35.5. The summed E-state index contributed by atoms with van der Waals surface area (Å²) in [5.41, 5.74) is 1.76. The second-order valence-electron chi connectivity index (χ2n) is 5.42. The summed E-state index contributed by atoms with van der Waals surface area (Å²) >= 11 is 11.1. The Labute approximate surface area is 157 Å². The molecule has 0 unspecified atom stereocenters. The number of hydrogen-bond acceptors (Lipinski definition) is 3. The molecular weight excluding hydrogens is 363 g/mol. The van der Waals surface area contributed by atoms with Gasteiger partial charge in [0.15, 0.2) is 16.6 Å². The number of ether oxygens (including phenoxy) is 2. The van der Waals surface area contributed by atoms with Gasteiger partial charge < -0.3 is 19.7 Å². The van der Waals surface area contributed by atoms with E-state index in [1.54, 1.807) is 20.3 Å². The van der Waals surface area contributed by atoms with E-state index in [1.807, 2.05) is 30.1 Å². The zero-order valence-corrected chi connectivity index (χ0v) is 15.9. The molecule has 0 aliphatic heterocycles. The molecule has 0 saturated heterocycles. The summed E-state index contributed by atoms with van der Waals surface area (Å²) in [6, 6.07) is 10.2. The SMILES string of the molecule is COc1ccc(CCN(C)C(=S)Nc2ccc(F)c(Cl)c2)cc1OC. The summed E-state index contributed by atoms with van der Waals surface area (Å²) in [6.45, 7) is 0.705. The van der Waals surface area contributed by atoms with Gasteiger partial charge in [0.25, 0.3) is 0 Å². The van der Waals surface area contributed by atoms with Crippen molar-refractivity contribution in [2.75, 3.05) is 33.1 Å². The van der Waals surface area contributed by atoms with Gasteiger partial charge in [-0.2, -0.15) is 0 Å². The van der Waals surface area contributed by atoms with Gasteiger partial charge in [0.2, 0.25) is 0 Å². The molecule has 0 saturated carbocycles. The number of thiocarbonyl (C=S) groups is 1. The highest BCUT2D eigenvalue weighted by Gasteiger charge is 2.09. The molecule has 0 aliphatic rings. The molecular formula is C18H20ClFN2O2S. The number of methoxy groups -OCH3 is 2. The third-order valence-electron chi connectivity index (χ3n) is 3.70. The Morgan fingerprint density at radius 3 is 2.52 bits per heavy atom. The topological polar surface area (TPSA) is 33.7 Å². The van der Waals surface area contributed by atoms with E-state index in [9.17, 15) is 4.39 Å². The first-order chi connectivity index (χ1) is 11.9. The van der Waals surface area contributed by atoms with Gasteiger partial charge in [-0.1, -0.05) is 17.7 Å². The maximum absolute atomic E-state index is 13.2. The van der Waals surface area contributed by atoms with Crippen LogP contribution in [0.4, 0.5) is 10.1 Å². The molecule has 7 heteroatoms. The average Bonchev–Trinajstić information content (AvgIpc) is 2.62. The monoisotopic (exact) mass is 382 g/mol. The molecule has 0 heterocycles. The predicted octanol–water partition coefficient (Wildman–Crippen LogP) is 4.37. The fourth-order valence-corrected chi connectivity index (χ4v) is 2.62. The lowest BCUT2D eigenvalue weighted by Gasteiger charge is -2.21. The summed E-state index contributed by atoms with van der Waals surface area (Å²) in [6.07, 6.45) is 0.781. The van der Waals surface area contributed by atoms with Gasteiger partial charge in [-0.15, -0.1) is 0 Å². The van der Waals surface area contributed by atoms with Gasteiger partial charge in [0.1, 0.15) is 5.82 Å². The first kappa shape index (κ1) is 19.3. The van der Waals surface area contributed by atoms with Crippen LogP contribution in [0.5, 0.6) is 11.5 Å². The van der Waals surface area contributed by atoms with Gasteiger partial charge in [-0.3, -0.25) is 0 Å². The van der Waals surface area contributed by atoms with E-state index in [1.165, 1.54) is 12.1 Å². The first-order valence-corrected chi connectivity index (χ1v) is 8.41. The van der Waals surface area contributed by atoms with Crippen LogP contribution in [0, 0.1) is 5.82 Å². The van der Waals surface area contributed by atoms with E-state index in [4.69, 9.17) is 33.3 Å². The number of nitrogens with one attached hydrogen (secondary N) is 1. The largest absolute Gasteiger partial charge is 0.493 e. The molecule has 2 rings (SSSR count). The average molecular weight is 383 g/mol. The molecule has 0 aliphatic carbocycles. The number of hydrogen-bond donors (Lipinski definition) is 1. The number of likely N-dealkylation sites (N-methyl/N-ethyl adjacent to an activating group) is 1.